The molecule has 1 unspecified atom stereocenters. The SMILES string of the molecule is CCc1cc(=O)oc2cc(C)cc(OC(C)C(=O)N3CCN(c4cnccn4)CC3)c12. The van der Waals surface area contributed by atoms with Crippen molar-refractivity contribution < 1.29 is 13.9 Å². The molecule has 4 rings (SSSR count). The molecule has 1 fully saturated rings. The molecule has 31 heavy (non-hydrogen) atoms. The number of benzene rings is 1. The molecule has 2 aromatic heterocycles. The molecule has 1 amide bonds. The molecule has 1 atom stereocenters. The summed E-state index contributed by atoms with van der Waals surface area (Å²) in [6, 6.07) is 5.20. The molecular weight excluding hydrogens is 396 g/mol. The summed E-state index contributed by atoms with van der Waals surface area (Å²) in [5.74, 6) is 1.32. The van der Waals surface area contributed by atoms with Crippen molar-refractivity contribution >= 4 is 22.7 Å². The minimum Gasteiger partial charge on any atom is -0.480 e. The minimum absolute atomic E-state index is 0.0658. The van der Waals surface area contributed by atoms with Gasteiger partial charge in [-0.05, 0) is 43.5 Å². The van der Waals surface area contributed by atoms with E-state index >= 15 is 0 Å². The van der Waals surface area contributed by atoms with Gasteiger partial charge in [-0.1, -0.05) is 6.92 Å². The van der Waals surface area contributed by atoms with E-state index in [2.05, 4.69) is 14.9 Å². The summed E-state index contributed by atoms with van der Waals surface area (Å²) in [5, 5.41) is 0.750. The van der Waals surface area contributed by atoms with Gasteiger partial charge in [-0.3, -0.25) is 9.78 Å². The Morgan fingerprint density at radius 3 is 2.65 bits per heavy atom. The summed E-state index contributed by atoms with van der Waals surface area (Å²) >= 11 is 0. The second-order valence-corrected chi connectivity index (χ2v) is 7.72. The smallest absolute Gasteiger partial charge is 0.336 e. The first-order chi connectivity index (χ1) is 15.0. The van der Waals surface area contributed by atoms with Crippen molar-refractivity contribution in [2.75, 3.05) is 31.1 Å². The van der Waals surface area contributed by atoms with Gasteiger partial charge in [0.2, 0.25) is 0 Å². The predicted molar refractivity (Wildman–Crippen MR) is 118 cm³/mol. The van der Waals surface area contributed by atoms with E-state index in [0.29, 0.717) is 43.9 Å². The summed E-state index contributed by atoms with van der Waals surface area (Å²) in [6.07, 6.45) is 5.04. The molecular formula is C23H26N4O4. The van der Waals surface area contributed by atoms with Gasteiger partial charge in [0.15, 0.2) is 6.10 Å². The van der Waals surface area contributed by atoms with Crippen LogP contribution >= 0.6 is 0 Å². The molecule has 3 aromatic rings. The molecule has 1 aromatic carbocycles. The Balaban J connectivity index is 1.50. The van der Waals surface area contributed by atoms with Gasteiger partial charge in [0, 0.05) is 44.6 Å². The Bertz CT molecular complexity index is 1140. The standard InChI is InChI=1S/C23H26N4O4/c1-4-17-13-21(28)31-19-12-15(2)11-18(22(17)19)30-16(3)23(29)27-9-7-26(8-10-27)20-14-24-5-6-25-20/h5-6,11-14,16H,4,7-10H2,1-3H3. The number of carbonyl (C=O) groups excluding carboxylic acids is 1. The molecule has 0 spiro atoms. The second-order valence-electron chi connectivity index (χ2n) is 7.72. The maximum Gasteiger partial charge on any atom is 0.336 e. The van der Waals surface area contributed by atoms with Crippen molar-refractivity contribution in [3.8, 4) is 5.75 Å². The molecule has 0 saturated carbocycles. The lowest BCUT2D eigenvalue weighted by molar-refractivity contribution is -0.138. The molecule has 0 bridgehead atoms. The van der Waals surface area contributed by atoms with Crippen molar-refractivity contribution in [2.24, 2.45) is 0 Å². The molecule has 1 aliphatic heterocycles. The molecule has 1 aliphatic rings. The first-order valence-electron chi connectivity index (χ1n) is 10.5. The zero-order valence-electron chi connectivity index (χ0n) is 18.0. The molecule has 8 nitrogen and oxygen atoms in total. The van der Waals surface area contributed by atoms with Crippen LogP contribution in [0.2, 0.25) is 0 Å². The fraction of sp³-hybridized carbons (Fsp3) is 0.391. The summed E-state index contributed by atoms with van der Waals surface area (Å²) < 4.78 is 11.5. The maximum atomic E-state index is 13.1. The lowest BCUT2D eigenvalue weighted by Crippen LogP contribution is -2.52. The van der Waals surface area contributed by atoms with Crippen LogP contribution in [0.15, 0.2) is 46.0 Å². The van der Waals surface area contributed by atoms with Crippen molar-refractivity contribution in [3.05, 3.63) is 58.3 Å². The number of aryl methyl sites for hydroxylation is 2. The fourth-order valence-corrected chi connectivity index (χ4v) is 3.95. The Morgan fingerprint density at radius 1 is 1.19 bits per heavy atom. The third kappa shape index (κ3) is 4.38. The lowest BCUT2D eigenvalue weighted by Gasteiger charge is -2.36. The Hall–Kier alpha value is -3.42. The molecule has 1 saturated heterocycles. The van der Waals surface area contributed by atoms with Crippen LogP contribution in [-0.2, 0) is 11.2 Å². The second kappa shape index (κ2) is 8.75. The van der Waals surface area contributed by atoms with Crippen LogP contribution < -0.4 is 15.3 Å². The zero-order valence-corrected chi connectivity index (χ0v) is 18.0. The number of nitrogens with zero attached hydrogens (tertiary/aromatic N) is 4. The normalized spacial score (nSPS) is 15.2. The highest BCUT2D eigenvalue weighted by atomic mass is 16.5. The topological polar surface area (TPSA) is 88.8 Å². The van der Waals surface area contributed by atoms with Crippen molar-refractivity contribution in [1.82, 2.24) is 14.9 Å². The van der Waals surface area contributed by atoms with Crippen LogP contribution in [0.4, 0.5) is 5.82 Å². The first kappa shape index (κ1) is 20.8. The van der Waals surface area contributed by atoms with Crippen molar-refractivity contribution in [1.29, 1.82) is 0 Å². The van der Waals surface area contributed by atoms with E-state index in [1.54, 1.807) is 25.5 Å². The number of hydrogen-bond donors (Lipinski definition) is 0. The van der Waals surface area contributed by atoms with E-state index in [1.807, 2.05) is 30.9 Å². The predicted octanol–water partition coefficient (Wildman–Crippen LogP) is 2.57. The molecule has 162 valence electrons. The highest BCUT2D eigenvalue weighted by Gasteiger charge is 2.27. The lowest BCUT2D eigenvalue weighted by atomic mass is 10.0. The molecule has 3 heterocycles. The zero-order chi connectivity index (χ0) is 22.0. The van der Waals surface area contributed by atoms with Crippen LogP contribution in [0.3, 0.4) is 0 Å². The van der Waals surface area contributed by atoms with Gasteiger partial charge in [0.05, 0.1) is 11.6 Å². The number of ether oxygens (including phenoxy) is 1. The summed E-state index contributed by atoms with van der Waals surface area (Å²) in [5.41, 5.74) is 1.84. The van der Waals surface area contributed by atoms with Crippen molar-refractivity contribution in [2.45, 2.75) is 33.3 Å². The van der Waals surface area contributed by atoms with Crippen molar-refractivity contribution in [3.63, 3.8) is 0 Å². The van der Waals surface area contributed by atoms with Gasteiger partial charge < -0.3 is 19.0 Å². The van der Waals surface area contributed by atoms with E-state index in [-0.39, 0.29) is 11.5 Å². The van der Waals surface area contributed by atoms with Gasteiger partial charge in [-0.15, -0.1) is 0 Å². The first-order valence-corrected chi connectivity index (χ1v) is 10.5. The third-order valence-electron chi connectivity index (χ3n) is 5.53. The van der Waals surface area contributed by atoms with Gasteiger partial charge in [-0.25, -0.2) is 9.78 Å². The average Bonchev–Trinajstić information content (AvgIpc) is 2.78. The van der Waals surface area contributed by atoms with Crippen LogP contribution in [0.5, 0.6) is 5.75 Å². The highest BCUT2D eigenvalue weighted by Crippen LogP contribution is 2.31. The largest absolute Gasteiger partial charge is 0.480 e. The van der Waals surface area contributed by atoms with E-state index in [4.69, 9.17) is 9.15 Å². The molecule has 8 heteroatoms. The number of piperazine rings is 1. The number of carbonyl (C=O) groups is 1. The average molecular weight is 422 g/mol. The number of aromatic nitrogens is 2. The fourth-order valence-electron chi connectivity index (χ4n) is 3.95. The monoisotopic (exact) mass is 422 g/mol. The van der Waals surface area contributed by atoms with Crippen LogP contribution in [-0.4, -0.2) is 53.1 Å². The number of anilines is 1. The van der Waals surface area contributed by atoms with Crippen LogP contribution in [0, 0.1) is 6.92 Å². The van der Waals surface area contributed by atoms with Gasteiger partial charge in [0.25, 0.3) is 5.91 Å². The minimum atomic E-state index is -0.662. The van der Waals surface area contributed by atoms with E-state index in [0.717, 1.165) is 22.3 Å². The number of fused-ring (bicyclic) bond motifs is 1. The highest BCUT2D eigenvalue weighted by molar-refractivity contribution is 5.88. The number of hydrogen-bond acceptors (Lipinski definition) is 7. The summed E-state index contributed by atoms with van der Waals surface area (Å²) in [7, 11) is 0. The summed E-state index contributed by atoms with van der Waals surface area (Å²) in [6.45, 7) is 8.20. The van der Waals surface area contributed by atoms with E-state index in [1.165, 1.54) is 6.07 Å². The van der Waals surface area contributed by atoms with Crippen LogP contribution in [0.25, 0.3) is 11.0 Å². The van der Waals surface area contributed by atoms with Gasteiger partial charge in [-0.2, -0.15) is 0 Å². The quantitative estimate of drug-likeness (QED) is 0.584. The molecule has 0 aliphatic carbocycles. The maximum absolute atomic E-state index is 13.1. The summed E-state index contributed by atoms with van der Waals surface area (Å²) in [4.78, 5) is 37.3. The number of amides is 1. The molecule has 0 radical (unpaired) electrons. The van der Waals surface area contributed by atoms with Gasteiger partial charge in [0.1, 0.15) is 17.2 Å². The van der Waals surface area contributed by atoms with E-state index in [9.17, 15) is 9.59 Å². The van der Waals surface area contributed by atoms with E-state index < -0.39 is 6.10 Å². The Kier molecular flexibility index (Phi) is 5.88. The molecule has 0 N–H and O–H groups in total. The van der Waals surface area contributed by atoms with Crippen LogP contribution in [0.1, 0.15) is 25.0 Å². The third-order valence-corrected chi connectivity index (χ3v) is 5.53. The number of rotatable bonds is 5. The van der Waals surface area contributed by atoms with Gasteiger partial charge >= 0.3 is 5.63 Å². The Morgan fingerprint density at radius 2 is 1.97 bits per heavy atom. The Labute approximate surface area is 180 Å².